The number of rotatable bonds is 1. The normalized spacial score (nSPS) is 18.0. The zero-order valence-corrected chi connectivity index (χ0v) is 14.2. The second-order valence-electron chi connectivity index (χ2n) is 6.22. The fourth-order valence-corrected chi connectivity index (χ4v) is 1.86. The van der Waals surface area contributed by atoms with Crippen molar-refractivity contribution in [3.63, 3.8) is 0 Å². The van der Waals surface area contributed by atoms with Crippen LogP contribution < -0.4 is 22.2 Å². The number of allylic oxidation sites excluding steroid dienone is 6. The van der Waals surface area contributed by atoms with E-state index in [0.29, 0.717) is 6.04 Å². The number of aromatic amines is 1. The molecule has 1 aromatic rings. The van der Waals surface area contributed by atoms with Crippen LogP contribution in [0.3, 0.4) is 0 Å². The molecule has 0 saturated heterocycles. The van der Waals surface area contributed by atoms with Crippen LogP contribution >= 0.6 is 0 Å². The van der Waals surface area contributed by atoms with Crippen LogP contribution in [0.25, 0.3) is 17.8 Å². The van der Waals surface area contributed by atoms with Crippen molar-refractivity contribution in [3.05, 3.63) is 46.9 Å². The van der Waals surface area contributed by atoms with Crippen LogP contribution in [0.15, 0.2) is 30.4 Å². The Morgan fingerprint density at radius 1 is 1.27 bits per heavy atom. The van der Waals surface area contributed by atoms with Gasteiger partial charge in [0.1, 0.15) is 5.82 Å². The molecule has 0 radical (unpaired) electrons. The molecule has 5 N–H and O–H groups in total. The van der Waals surface area contributed by atoms with E-state index in [9.17, 15) is 0 Å². The van der Waals surface area contributed by atoms with Crippen molar-refractivity contribution in [2.24, 2.45) is 16.9 Å². The highest BCUT2D eigenvalue weighted by atomic mass is 14.9. The molecule has 0 atom stereocenters. The van der Waals surface area contributed by atoms with Crippen molar-refractivity contribution in [2.75, 3.05) is 0 Å². The molecule has 4 nitrogen and oxygen atoms in total. The molecule has 0 saturated carbocycles. The highest BCUT2D eigenvalue weighted by Crippen LogP contribution is 2.24. The van der Waals surface area contributed by atoms with E-state index in [2.05, 4.69) is 54.2 Å². The first-order valence-electron chi connectivity index (χ1n) is 7.58. The van der Waals surface area contributed by atoms with Gasteiger partial charge >= 0.3 is 0 Å². The van der Waals surface area contributed by atoms with E-state index >= 15 is 0 Å². The molecule has 0 spiro atoms. The molecule has 4 heteroatoms. The Kier molecular flexibility index (Phi) is 6.38. The van der Waals surface area contributed by atoms with Gasteiger partial charge in [0.15, 0.2) is 0 Å². The minimum atomic E-state index is 0.0768. The van der Waals surface area contributed by atoms with Gasteiger partial charge in [-0.1, -0.05) is 64.2 Å². The van der Waals surface area contributed by atoms with Crippen LogP contribution in [0.1, 0.15) is 40.4 Å². The summed E-state index contributed by atoms with van der Waals surface area (Å²) in [5, 5.41) is 1.74. The maximum atomic E-state index is 5.58. The third kappa shape index (κ3) is 5.37. The zero-order valence-electron chi connectivity index (χ0n) is 14.2. The number of imidazole rings is 1. The summed E-state index contributed by atoms with van der Waals surface area (Å²) >= 11 is 0. The molecule has 0 unspecified atom stereocenters. The van der Waals surface area contributed by atoms with Crippen molar-refractivity contribution in [1.82, 2.24) is 9.97 Å². The lowest BCUT2D eigenvalue weighted by Crippen LogP contribution is -2.25. The molecule has 1 heterocycles. The Hall–Kier alpha value is -2.07. The fourth-order valence-electron chi connectivity index (χ4n) is 1.86. The fraction of sp³-hybridized carbons (Fsp3) is 0.389. The minimum absolute atomic E-state index is 0.0768. The summed E-state index contributed by atoms with van der Waals surface area (Å²) in [6.45, 7) is 10.2. The van der Waals surface area contributed by atoms with Crippen LogP contribution in [0, 0.1) is 5.41 Å². The molecule has 2 rings (SSSR count). The monoisotopic (exact) mass is 300 g/mol. The minimum Gasteiger partial charge on any atom is -0.403 e. The number of hydrogen-bond acceptors (Lipinski definition) is 3. The summed E-state index contributed by atoms with van der Waals surface area (Å²) in [6.07, 6.45) is 14.1. The molecule has 0 aromatic carbocycles. The number of H-pyrrole nitrogens is 1. The first-order chi connectivity index (χ1) is 10.3. The van der Waals surface area contributed by atoms with E-state index in [-0.39, 0.29) is 5.41 Å². The van der Waals surface area contributed by atoms with Gasteiger partial charge in [0.25, 0.3) is 0 Å². The van der Waals surface area contributed by atoms with Crippen molar-refractivity contribution in [2.45, 2.75) is 40.7 Å². The van der Waals surface area contributed by atoms with Gasteiger partial charge in [-0.15, -0.1) is 0 Å². The summed E-state index contributed by atoms with van der Waals surface area (Å²) in [4.78, 5) is 7.77. The van der Waals surface area contributed by atoms with Crippen LogP contribution in [0.4, 0.5) is 0 Å². The number of nitrogens with zero attached hydrogens (tertiary/aromatic N) is 1. The van der Waals surface area contributed by atoms with Gasteiger partial charge in [0.2, 0.25) is 0 Å². The van der Waals surface area contributed by atoms with Gasteiger partial charge in [0, 0.05) is 17.2 Å². The Balaban J connectivity index is 0.000000541. The largest absolute Gasteiger partial charge is 0.403 e. The van der Waals surface area contributed by atoms with Gasteiger partial charge in [0.05, 0.1) is 10.7 Å². The Labute approximate surface area is 133 Å². The van der Waals surface area contributed by atoms with Crippen LogP contribution in [-0.4, -0.2) is 16.0 Å². The topological polar surface area (TPSA) is 80.7 Å². The molecule has 0 amide bonds. The van der Waals surface area contributed by atoms with Gasteiger partial charge in [-0.2, -0.15) is 0 Å². The standard InChI is InChI=1S/C15H19N3.C3H9N/c1-4-12-13(10-16)18-14(17-12)11-6-5-8-15(2,3)9-7-11;1-3(2)4/h4-10H,16H2,1-3H3,(H,17,18);3H,4H2,1-2H3/b12-4+,13-10+;. The van der Waals surface area contributed by atoms with Crippen molar-refractivity contribution >= 4 is 17.8 Å². The van der Waals surface area contributed by atoms with Gasteiger partial charge < -0.3 is 16.5 Å². The Bertz CT molecular complexity index is 651. The maximum absolute atomic E-state index is 5.58. The third-order valence-electron chi connectivity index (χ3n) is 2.97. The second kappa shape index (κ2) is 7.80. The van der Waals surface area contributed by atoms with Crippen molar-refractivity contribution in [1.29, 1.82) is 0 Å². The Morgan fingerprint density at radius 3 is 2.41 bits per heavy atom. The van der Waals surface area contributed by atoms with E-state index in [0.717, 1.165) is 22.1 Å². The lowest BCUT2D eigenvalue weighted by molar-refractivity contribution is 0.627. The predicted octanol–water partition coefficient (Wildman–Crippen LogP) is 1.80. The quantitative estimate of drug-likeness (QED) is 0.740. The van der Waals surface area contributed by atoms with E-state index in [4.69, 9.17) is 11.5 Å². The first-order valence-corrected chi connectivity index (χ1v) is 7.58. The number of nitrogens with one attached hydrogen (secondary N) is 1. The predicted molar refractivity (Wildman–Crippen MR) is 96.0 cm³/mol. The second-order valence-corrected chi connectivity index (χ2v) is 6.22. The van der Waals surface area contributed by atoms with Crippen molar-refractivity contribution in [3.8, 4) is 0 Å². The first kappa shape index (κ1) is 18.0. The molecule has 1 aliphatic rings. The molecule has 22 heavy (non-hydrogen) atoms. The SMILES string of the molecule is C/C=c1/nc(C2=CC=CC(C)(C)C=C2)[nH]/c1=C/N.CC(C)N. The number of aromatic nitrogens is 2. The van der Waals surface area contributed by atoms with Crippen molar-refractivity contribution < 1.29 is 0 Å². The molecular formula is C18H28N4. The molecule has 0 fully saturated rings. The molecule has 1 aliphatic carbocycles. The van der Waals surface area contributed by atoms with E-state index in [1.165, 1.54) is 0 Å². The highest BCUT2D eigenvalue weighted by molar-refractivity contribution is 5.72. The third-order valence-corrected chi connectivity index (χ3v) is 2.97. The summed E-state index contributed by atoms with van der Waals surface area (Å²) in [6, 6.07) is 0.333. The summed E-state index contributed by atoms with van der Waals surface area (Å²) in [5.41, 5.74) is 11.8. The molecule has 0 bridgehead atoms. The highest BCUT2D eigenvalue weighted by Gasteiger charge is 2.12. The molecule has 120 valence electrons. The van der Waals surface area contributed by atoms with Crippen LogP contribution in [0.5, 0.6) is 0 Å². The lowest BCUT2D eigenvalue weighted by Gasteiger charge is -2.12. The molecular weight excluding hydrogens is 272 g/mol. The Morgan fingerprint density at radius 2 is 1.91 bits per heavy atom. The summed E-state index contributed by atoms with van der Waals surface area (Å²) < 4.78 is 0. The maximum Gasteiger partial charge on any atom is 0.138 e. The average Bonchev–Trinajstić information content (AvgIpc) is 2.76. The summed E-state index contributed by atoms with van der Waals surface area (Å²) in [7, 11) is 0. The smallest absolute Gasteiger partial charge is 0.138 e. The molecule has 0 aliphatic heterocycles. The average molecular weight is 300 g/mol. The van der Waals surface area contributed by atoms with Crippen LogP contribution in [0.2, 0.25) is 0 Å². The number of nitrogens with two attached hydrogens (primary N) is 2. The zero-order chi connectivity index (χ0) is 16.8. The number of hydrogen-bond donors (Lipinski definition) is 3. The summed E-state index contributed by atoms with van der Waals surface area (Å²) in [5.74, 6) is 0.846. The van der Waals surface area contributed by atoms with E-state index in [1.807, 2.05) is 26.8 Å². The lowest BCUT2D eigenvalue weighted by atomic mass is 9.93. The van der Waals surface area contributed by atoms with E-state index < -0.39 is 0 Å². The van der Waals surface area contributed by atoms with E-state index in [1.54, 1.807) is 6.20 Å². The van der Waals surface area contributed by atoms with Crippen LogP contribution in [-0.2, 0) is 0 Å². The van der Waals surface area contributed by atoms with Gasteiger partial charge in [-0.3, -0.25) is 0 Å². The molecule has 1 aromatic heterocycles. The van der Waals surface area contributed by atoms with Gasteiger partial charge in [-0.25, -0.2) is 4.98 Å². The van der Waals surface area contributed by atoms with Gasteiger partial charge in [-0.05, 0) is 13.0 Å².